The molecule has 1 aliphatic heterocycles. The van der Waals surface area contributed by atoms with Crippen molar-refractivity contribution in [1.29, 1.82) is 0 Å². The minimum absolute atomic E-state index is 0.105. The maximum atomic E-state index is 5.95. The molecule has 2 aromatic heterocycles. The van der Waals surface area contributed by atoms with Gasteiger partial charge in [-0.25, -0.2) is 9.38 Å². The van der Waals surface area contributed by atoms with Crippen molar-refractivity contribution >= 4 is 22.5 Å². The molecule has 0 aliphatic carbocycles. The van der Waals surface area contributed by atoms with Gasteiger partial charge in [-0.15, -0.1) is 10.2 Å². The molecular formula is C23H25N5O3. The van der Waals surface area contributed by atoms with E-state index in [1.54, 1.807) is 14.2 Å². The second-order valence-electron chi connectivity index (χ2n) is 7.84. The third-order valence-corrected chi connectivity index (χ3v) is 5.57. The number of hydrogen-bond donors (Lipinski definition) is 0. The molecule has 0 bridgehead atoms. The zero-order chi connectivity index (χ0) is 21.5. The van der Waals surface area contributed by atoms with Crippen molar-refractivity contribution in [3.8, 4) is 22.9 Å². The first-order chi connectivity index (χ1) is 15.1. The smallest absolute Gasteiger partial charge is 0.213 e. The van der Waals surface area contributed by atoms with E-state index in [1.165, 1.54) is 0 Å². The van der Waals surface area contributed by atoms with Crippen molar-refractivity contribution < 1.29 is 14.2 Å². The number of nitrogens with zero attached hydrogens (tertiary/aromatic N) is 5. The summed E-state index contributed by atoms with van der Waals surface area (Å²) in [6.45, 7) is 5.66. The largest absolute Gasteiger partial charge is 0.493 e. The van der Waals surface area contributed by atoms with E-state index in [9.17, 15) is 0 Å². The fraction of sp³-hybridized carbons (Fsp3) is 0.348. The summed E-state index contributed by atoms with van der Waals surface area (Å²) in [6, 6.07) is 13.8. The van der Waals surface area contributed by atoms with Gasteiger partial charge in [0.15, 0.2) is 23.0 Å². The first-order valence-electron chi connectivity index (χ1n) is 10.4. The highest BCUT2D eigenvalue weighted by Crippen LogP contribution is 2.34. The molecule has 0 spiro atoms. The van der Waals surface area contributed by atoms with Gasteiger partial charge in [-0.05, 0) is 44.2 Å². The molecule has 160 valence electrons. The topological polar surface area (TPSA) is 74.0 Å². The van der Waals surface area contributed by atoms with Crippen molar-refractivity contribution in [2.24, 2.45) is 0 Å². The van der Waals surface area contributed by atoms with Gasteiger partial charge in [-0.2, -0.15) is 0 Å². The summed E-state index contributed by atoms with van der Waals surface area (Å²) in [5.74, 6) is 2.82. The predicted molar refractivity (Wildman–Crippen MR) is 119 cm³/mol. The maximum Gasteiger partial charge on any atom is 0.213 e. The molecule has 4 aromatic rings. The molecule has 0 amide bonds. The molecule has 0 N–H and O–H groups in total. The molecule has 3 heterocycles. The van der Waals surface area contributed by atoms with E-state index < -0.39 is 0 Å². The van der Waals surface area contributed by atoms with Gasteiger partial charge in [-0.3, -0.25) is 0 Å². The van der Waals surface area contributed by atoms with Crippen LogP contribution in [0.2, 0.25) is 0 Å². The van der Waals surface area contributed by atoms with Crippen molar-refractivity contribution in [3.63, 3.8) is 0 Å². The Hall–Kier alpha value is -3.39. The number of benzene rings is 2. The van der Waals surface area contributed by atoms with Crippen molar-refractivity contribution in [3.05, 3.63) is 42.5 Å². The van der Waals surface area contributed by atoms with Crippen molar-refractivity contribution in [1.82, 2.24) is 19.6 Å². The number of fused-ring (bicyclic) bond motifs is 3. The maximum absolute atomic E-state index is 5.95. The van der Waals surface area contributed by atoms with Crippen LogP contribution in [-0.4, -0.2) is 59.1 Å². The van der Waals surface area contributed by atoms with Gasteiger partial charge in [0.05, 0.1) is 31.9 Å². The van der Waals surface area contributed by atoms with E-state index in [0.29, 0.717) is 17.3 Å². The normalized spacial score (nSPS) is 19.2. The minimum Gasteiger partial charge on any atom is -0.493 e. The number of aromatic nitrogens is 4. The number of para-hydroxylation sites is 1. The summed E-state index contributed by atoms with van der Waals surface area (Å²) < 4.78 is 18.9. The van der Waals surface area contributed by atoms with Crippen LogP contribution in [0.15, 0.2) is 42.5 Å². The molecule has 31 heavy (non-hydrogen) atoms. The van der Waals surface area contributed by atoms with Gasteiger partial charge in [-0.1, -0.05) is 12.1 Å². The van der Waals surface area contributed by atoms with E-state index in [2.05, 4.69) is 28.9 Å². The highest BCUT2D eigenvalue weighted by molar-refractivity contribution is 5.93. The highest BCUT2D eigenvalue weighted by atomic mass is 16.5. The van der Waals surface area contributed by atoms with Crippen LogP contribution in [-0.2, 0) is 4.74 Å². The molecule has 0 radical (unpaired) electrons. The summed E-state index contributed by atoms with van der Waals surface area (Å²) in [5.41, 5.74) is 2.54. The Labute approximate surface area is 180 Å². The van der Waals surface area contributed by atoms with E-state index in [4.69, 9.17) is 19.2 Å². The second-order valence-corrected chi connectivity index (χ2v) is 7.84. The quantitative estimate of drug-likeness (QED) is 0.501. The van der Waals surface area contributed by atoms with Gasteiger partial charge in [0, 0.05) is 24.0 Å². The molecule has 2 aromatic carbocycles. The highest BCUT2D eigenvalue weighted by Gasteiger charge is 2.27. The van der Waals surface area contributed by atoms with Crippen molar-refractivity contribution in [2.45, 2.75) is 26.1 Å². The molecule has 2 atom stereocenters. The number of ether oxygens (including phenoxy) is 3. The Kier molecular flexibility index (Phi) is 4.86. The number of morpholine rings is 1. The second kappa shape index (κ2) is 7.70. The zero-order valence-corrected chi connectivity index (χ0v) is 18.1. The van der Waals surface area contributed by atoms with E-state index in [-0.39, 0.29) is 12.2 Å². The van der Waals surface area contributed by atoms with Crippen LogP contribution >= 0.6 is 0 Å². The Morgan fingerprint density at radius 2 is 1.68 bits per heavy atom. The fourth-order valence-corrected chi connectivity index (χ4v) is 4.28. The average Bonchev–Trinajstić information content (AvgIpc) is 3.23. The Balaban J connectivity index is 1.76. The molecule has 8 nitrogen and oxygen atoms in total. The molecular weight excluding hydrogens is 394 g/mol. The Bertz CT molecular complexity index is 1240. The standard InChI is InChI=1S/C23H25N5O3/c1-14-12-27(13-15(2)31-14)23-24-18-8-6-5-7-17(18)22-26-25-21(28(22)23)16-9-10-19(29-3)20(11-16)30-4/h5-11,14-15H,12-13H2,1-4H3. The molecule has 1 fully saturated rings. The lowest BCUT2D eigenvalue weighted by molar-refractivity contribution is -0.00576. The summed E-state index contributed by atoms with van der Waals surface area (Å²) in [6.07, 6.45) is 0.209. The lowest BCUT2D eigenvalue weighted by atomic mass is 10.2. The lowest BCUT2D eigenvalue weighted by Gasteiger charge is -2.36. The fourth-order valence-electron chi connectivity index (χ4n) is 4.28. The monoisotopic (exact) mass is 419 g/mol. The third-order valence-electron chi connectivity index (χ3n) is 5.57. The van der Waals surface area contributed by atoms with Gasteiger partial charge in [0.25, 0.3) is 0 Å². The predicted octanol–water partition coefficient (Wildman–Crippen LogP) is 3.58. The average molecular weight is 419 g/mol. The van der Waals surface area contributed by atoms with Gasteiger partial charge >= 0.3 is 0 Å². The number of hydrogen-bond acceptors (Lipinski definition) is 7. The first kappa shape index (κ1) is 19.6. The molecule has 0 saturated carbocycles. The van der Waals surface area contributed by atoms with E-state index >= 15 is 0 Å². The molecule has 8 heteroatoms. The van der Waals surface area contributed by atoms with Crippen molar-refractivity contribution in [2.75, 3.05) is 32.2 Å². The zero-order valence-electron chi connectivity index (χ0n) is 18.1. The summed E-state index contributed by atoms with van der Waals surface area (Å²) >= 11 is 0. The summed E-state index contributed by atoms with van der Waals surface area (Å²) in [4.78, 5) is 7.28. The number of anilines is 1. The minimum atomic E-state index is 0.105. The van der Waals surface area contributed by atoms with E-state index in [1.807, 2.05) is 46.9 Å². The van der Waals surface area contributed by atoms with Gasteiger partial charge in [0.1, 0.15) is 0 Å². The molecule has 5 rings (SSSR count). The van der Waals surface area contributed by atoms with Crippen LogP contribution in [0.25, 0.3) is 27.9 Å². The van der Waals surface area contributed by atoms with Crippen LogP contribution < -0.4 is 14.4 Å². The third kappa shape index (κ3) is 3.33. The lowest BCUT2D eigenvalue weighted by Crippen LogP contribution is -2.46. The SMILES string of the molecule is COc1ccc(-c2nnc3c4ccccc4nc(N4CC(C)OC(C)C4)n23)cc1OC. The van der Waals surface area contributed by atoms with Crippen LogP contribution in [0, 0.1) is 0 Å². The van der Waals surface area contributed by atoms with Gasteiger partial charge in [0.2, 0.25) is 5.95 Å². The van der Waals surface area contributed by atoms with E-state index in [0.717, 1.165) is 41.2 Å². The van der Waals surface area contributed by atoms with Crippen LogP contribution in [0.4, 0.5) is 5.95 Å². The number of rotatable bonds is 4. The molecule has 2 unspecified atom stereocenters. The van der Waals surface area contributed by atoms with Crippen LogP contribution in [0.5, 0.6) is 11.5 Å². The van der Waals surface area contributed by atoms with Gasteiger partial charge < -0.3 is 19.1 Å². The summed E-state index contributed by atoms with van der Waals surface area (Å²) in [5, 5.41) is 10.1. The first-order valence-corrected chi connectivity index (χ1v) is 10.4. The summed E-state index contributed by atoms with van der Waals surface area (Å²) in [7, 11) is 3.25. The Morgan fingerprint density at radius 3 is 2.42 bits per heavy atom. The Morgan fingerprint density at radius 1 is 0.935 bits per heavy atom. The van der Waals surface area contributed by atoms with Crippen LogP contribution in [0.1, 0.15) is 13.8 Å². The number of methoxy groups -OCH3 is 2. The van der Waals surface area contributed by atoms with Crippen LogP contribution in [0.3, 0.4) is 0 Å². The molecule has 1 aliphatic rings. The molecule has 1 saturated heterocycles.